The van der Waals surface area contributed by atoms with E-state index in [-0.39, 0.29) is 0 Å². The van der Waals surface area contributed by atoms with Crippen LogP contribution in [0, 0.1) is 5.92 Å². The summed E-state index contributed by atoms with van der Waals surface area (Å²) in [6.45, 7) is 2.33. The van der Waals surface area contributed by atoms with E-state index in [1.807, 2.05) is 18.2 Å². The highest BCUT2D eigenvalue weighted by atomic mass is 35.5. The Morgan fingerprint density at radius 3 is 2.53 bits per heavy atom. The van der Waals surface area contributed by atoms with Gasteiger partial charge in [0, 0.05) is 11.7 Å². The molecule has 2 rings (SSSR count). The fraction of sp³-hybridized carbons (Fsp3) is 0.571. The molecule has 1 aliphatic rings. The molecule has 1 saturated carbocycles. The zero-order valence-corrected chi connectivity index (χ0v) is 11.3. The molecule has 1 N–H and O–H groups in total. The number of anilines is 1. The van der Waals surface area contributed by atoms with Gasteiger partial charge in [0.15, 0.2) is 0 Å². The highest BCUT2D eigenvalue weighted by Crippen LogP contribution is 2.30. The summed E-state index contributed by atoms with van der Waals surface area (Å²) in [6.07, 6.45) is 5.15. The van der Waals surface area contributed by atoms with Crippen LogP contribution < -0.4 is 10.1 Å². The van der Waals surface area contributed by atoms with Crippen LogP contribution in [0.2, 0.25) is 5.02 Å². The van der Waals surface area contributed by atoms with Crippen molar-refractivity contribution in [2.45, 2.75) is 38.6 Å². The first kappa shape index (κ1) is 12.6. The van der Waals surface area contributed by atoms with Crippen molar-refractivity contribution in [3.8, 4) is 5.75 Å². The molecule has 17 heavy (non-hydrogen) atoms. The van der Waals surface area contributed by atoms with Crippen molar-refractivity contribution < 1.29 is 4.74 Å². The molecule has 1 aromatic carbocycles. The van der Waals surface area contributed by atoms with E-state index in [4.69, 9.17) is 16.3 Å². The number of benzene rings is 1. The Morgan fingerprint density at radius 1 is 1.24 bits per heavy atom. The number of nitrogens with one attached hydrogen (secondary N) is 1. The van der Waals surface area contributed by atoms with Gasteiger partial charge in [-0.05, 0) is 49.8 Å². The van der Waals surface area contributed by atoms with Gasteiger partial charge in [-0.2, -0.15) is 0 Å². The van der Waals surface area contributed by atoms with Crippen LogP contribution in [0.5, 0.6) is 5.75 Å². The molecule has 94 valence electrons. The molecule has 0 heterocycles. The van der Waals surface area contributed by atoms with Crippen LogP contribution in [0.4, 0.5) is 5.69 Å². The standard InChI is InChI=1S/C14H20ClNO/c1-10-3-5-11(6-4-10)16-12-7-8-14(17-2)13(15)9-12/h7-11,16H,3-6H2,1-2H3. The van der Waals surface area contributed by atoms with Crippen molar-refractivity contribution in [2.75, 3.05) is 12.4 Å². The molecule has 0 aliphatic heterocycles. The second-order valence-corrected chi connectivity index (χ2v) is 5.36. The third kappa shape index (κ3) is 3.29. The summed E-state index contributed by atoms with van der Waals surface area (Å²) in [6, 6.07) is 6.48. The van der Waals surface area contributed by atoms with Crippen LogP contribution in [-0.4, -0.2) is 13.2 Å². The first-order valence-electron chi connectivity index (χ1n) is 6.29. The molecular weight excluding hydrogens is 234 g/mol. The zero-order valence-electron chi connectivity index (χ0n) is 10.5. The Labute approximate surface area is 108 Å². The maximum Gasteiger partial charge on any atom is 0.137 e. The van der Waals surface area contributed by atoms with Crippen molar-refractivity contribution in [1.29, 1.82) is 0 Å². The summed E-state index contributed by atoms with van der Waals surface area (Å²) >= 11 is 6.11. The van der Waals surface area contributed by atoms with Crippen molar-refractivity contribution >= 4 is 17.3 Å². The lowest BCUT2D eigenvalue weighted by Gasteiger charge is -2.27. The molecular formula is C14H20ClNO. The molecule has 1 aliphatic carbocycles. The number of hydrogen-bond acceptors (Lipinski definition) is 2. The lowest BCUT2D eigenvalue weighted by molar-refractivity contribution is 0.361. The van der Waals surface area contributed by atoms with Gasteiger partial charge in [-0.1, -0.05) is 18.5 Å². The minimum atomic E-state index is 0.593. The van der Waals surface area contributed by atoms with Crippen LogP contribution in [0.25, 0.3) is 0 Å². The summed E-state index contributed by atoms with van der Waals surface area (Å²) in [7, 11) is 1.64. The van der Waals surface area contributed by atoms with E-state index >= 15 is 0 Å². The van der Waals surface area contributed by atoms with Crippen LogP contribution in [-0.2, 0) is 0 Å². The summed E-state index contributed by atoms with van der Waals surface area (Å²) in [5.74, 6) is 1.61. The number of rotatable bonds is 3. The van der Waals surface area contributed by atoms with Gasteiger partial charge in [-0.15, -0.1) is 0 Å². The Hall–Kier alpha value is -0.890. The van der Waals surface area contributed by atoms with E-state index in [1.165, 1.54) is 25.7 Å². The van der Waals surface area contributed by atoms with Gasteiger partial charge in [0.2, 0.25) is 0 Å². The molecule has 0 radical (unpaired) electrons. The number of methoxy groups -OCH3 is 1. The lowest BCUT2D eigenvalue weighted by Crippen LogP contribution is -2.25. The van der Waals surface area contributed by atoms with E-state index in [2.05, 4.69) is 12.2 Å². The molecule has 0 unspecified atom stereocenters. The van der Waals surface area contributed by atoms with Gasteiger partial charge < -0.3 is 10.1 Å². The molecule has 2 nitrogen and oxygen atoms in total. The SMILES string of the molecule is COc1ccc(NC2CCC(C)CC2)cc1Cl. The van der Waals surface area contributed by atoms with Gasteiger partial charge >= 0.3 is 0 Å². The second-order valence-electron chi connectivity index (χ2n) is 4.95. The number of halogens is 1. The first-order valence-corrected chi connectivity index (χ1v) is 6.67. The molecule has 0 atom stereocenters. The van der Waals surface area contributed by atoms with Gasteiger partial charge in [-0.25, -0.2) is 0 Å². The third-order valence-electron chi connectivity index (χ3n) is 3.54. The monoisotopic (exact) mass is 253 g/mol. The Balaban J connectivity index is 1.97. The Bertz CT molecular complexity index is 372. The van der Waals surface area contributed by atoms with Gasteiger partial charge in [0.25, 0.3) is 0 Å². The van der Waals surface area contributed by atoms with E-state index < -0.39 is 0 Å². The smallest absolute Gasteiger partial charge is 0.137 e. The van der Waals surface area contributed by atoms with Gasteiger partial charge in [0.05, 0.1) is 12.1 Å². The van der Waals surface area contributed by atoms with Crippen molar-refractivity contribution in [3.05, 3.63) is 23.2 Å². The van der Waals surface area contributed by atoms with E-state index in [9.17, 15) is 0 Å². The molecule has 1 aromatic rings. The highest BCUT2D eigenvalue weighted by molar-refractivity contribution is 6.32. The Morgan fingerprint density at radius 2 is 1.94 bits per heavy atom. The molecule has 0 spiro atoms. The predicted octanol–water partition coefficient (Wildman–Crippen LogP) is 4.34. The zero-order chi connectivity index (χ0) is 12.3. The van der Waals surface area contributed by atoms with Crippen molar-refractivity contribution in [3.63, 3.8) is 0 Å². The molecule has 0 aromatic heterocycles. The summed E-state index contributed by atoms with van der Waals surface area (Å²) in [5, 5.41) is 4.22. The van der Waals surface area contributed by atoms with Crippen LogP contribution in [0.15, 0.2) is 18.2 Å². The minimum Gasteiger partial charge on any atom is -0.495 e. The second kappa shape index (κ2) is 5.63. The normalized spacial score (nSPS) is 24.4. The third-order valence-corrected chi connectivity index (χ3v) is 3.83. The molecule has 0 saturated heterocycles. The van der Waals surface area contributed by atoms with Crippen LogP contribution >= 0.6 is 11.6 Å². The van der Waals surface area contributed by atoms with Gasteiger partial charge in [-0.3, -0.25) is 0 Å². The topological polar surface area (TPSA) is 21.3 Å². The van der Waals surface area contributed by atoms with E-state index in [1.54, 1.807) is 7.11 Å². The first-order chi connectivity index (χ1) is 8.19. The molecule has 3 heteroatoms. The molecule has 0 bridgehead atoms. The Kier molecular flexibility index (Phi) is 4.16. The highest BCUT2D eigenvalue weighted by Gasteiger charge is 2.18. The average Bonchev–Trinajstić information content (AvgIpc) is 2.32. The summed E-state index contributed by atoms with van der Waals surface area (Å²) < 4.78 is 5.14. The lowest BCUT2D eigenvalue weighted by atomic mass is 9.87. The van der Waals surface area contributed by atoms with Crippen molar-refractivity contribution in [2.24, 2.45) is 5.92 Å². The van der Waals surface area contributed by atoms with Crippen LogP contribution in [0.3, 0.4) is 0 Å². The fourth-order valence-corrected chi connectivity index (χ4v) is 2.65. The number of ether oxygens (including phenoxy) is 1. The molecule has 0 amide bonds. The predicted molar refractivity (Wildman–Crippen MR) is 73.0 cm³/mol. The van der Waals surface area contributed by atoms with Crippen molar-refractivity contribution in [1.82, 2.24) is 0 Å². The maximum atomic E-state index is 6.11. The van der Waals surface area contributed by atoms with Crippen LogP contribution in [0.1, 0.15) is 32.6 Å². The molecule has 1 fully saturated rings. The maximum absolute atomic E-state index is 6.11. The quantitative estimate of drug-likeness (QED) is 0.865. The summed E-state index contributed by atoms with van der Waals surface area (Å²) in [5.41, 5.74) is 1.09. The fourth-order valence-electron chi connectivity index (χ4n) is 2.40. The minimum absolute atomic E-state index is 0.593. The summed E-state index contributed by atoms with van der Waals surface area (Å²) in [4.78, 5) is 0. The van der Waals surface area contributed by atoms with E-state index in [0.717, 1.165) is 17.4 Å². The van der Waals surface area contributed by atoms with E-state index in [0.29, 0.717) is 11.1 Å². The average molecular weight is 254 g/mol. The largest absolute Gasteiger partial charge is 0.495 e. The van der Waals surface area contributed by atoms with Gasteiger partial charge in [0.1, 0.15) is 5.75 Å². The number of hydrogen-bond donors (Lipinski definition) is 1.